The van der Waals surface area contributed by atoms with Crippen molar-refractivity contribution in [2.45, 2.75) is 25.6 Å². The zero-order valence-electron chi connectivity index (χ0n) is 7.57. The molecule has 0 spiro atoms. The van der Waals surface area contributed by atoms with Crippen molar-refractivity contribution in [3.8, 4) is 0 Å². The van der Waals surface area contributed by atoms with Crippen LogP contribution in [0.4, 0.5) is 0 Å². The SMILES string of the molecule is Cc1ncc(CNC(=O)C(C)S)s1. The molecule has 13 heavy (non-hydrogen) atoms. The predicted octanol–water partition coefficient (Wildman–Crippen LogP) is 1.39. The van der Waals surface area contributed by atoms with Gasteiger partial charge in [0.1, 0.15) is 0 Å². The maximum Gasteiger partial charge on any atom is 0.232 e. The van der Waals surface area contributed by atoms with Gasteiger partial charge in [-0.15, -0.1) is 11.3 Å². The first kappa shape index (κ1) is 10.5. The Morgan fingerprint density at radius 1 is 1.85 bits per heavy atom. The largest absolute Gasteiger partial charge is 0.350 e. The fourth-order valence-corrected chi connectivity index (χ4v) is 1.63. The molecule has 0 saturated heterocycles. The molecule has 0 aliphatic carbocycles. The molecule has 1 unspecified atom stereocenters. The zero-order chi connectivity index (χ0) is 9.84. The lowest BCUT2D eigenvalue weighted by Gasteiger charge is -2.04. The van der Waals surface area contributed by atoms with Gasteiger partial charge in [0.15, 0.2) is 0 Å². The molecule has 1 heterocycles. The Morgan fingerprint density at radius 2 is 2.54 bits per heavy atom. The molecule has 0 bridgehead atoms. The Balaban J connectivity index is 2.39. The monoisotopic (exact) mass is 216 g/mol. The number of carbonyl (C=O) groups is 1. The van der Waals surface area contributed by atoms with Crippen LogP contribution in [0.1, 0.15) is 16.8 Å². The van der Waals surface area contributed by atoms with Crippen LogP contribution in [0.5, 0.6) is 0 Å². The van der Waals surface area contributed by atoms with Crippen LogP contribution in [-0.2, 0) is 11.3 Å². The second-order valence-electron chi connectivity index (χ2n) is 2.74. The summed E-state index contributed by atoms with van der Waals surface area (Å²) in [5.74, 6) is -0.0469. The maximum atomic E-state index is 11.1. The minimum absolute atomic E-state index is 0.0469. The Kier molecular flexibility index (Phi) is 3.74. The van der Waals surface area contributed by atoms with Gasteiger partial charge in [-0.25, -0.2) is 4.98 Å². The molecule has 1 amide bonds. The average Bonchev–Trinajstić information content (AvgIpc) is 2.47. The van der Waals surface area contributed by atoms with Crippen LogP contribution >= 0.6 is 24.0 Å². The number of amides is 1. The molecule has 1 N–H and O–H groups in total. The first-order valence-corrected chi connectivity index (χ1v) is 5.30. The summed E-state index contributed by atoms with van der Waals surface area (Å²) in [5.41, 5.74) is 0. The lowest BCUT2D eigenvalue weighted by molar-refractivity contribution is -0.120. The van der Waals surface area contributed by atoms with Gasteiger partial charge in [-0.2, -0.15) is 12.6 Å². The lowest BCUT2D eigenvalue weighted by Crippen LogP contribution is -2.28. The van der Waals surface area contributed by atoms with Gasteiger partial charge < -0.3 is 5.32 Å². The first-order chi connectivity index (χ1) is 6.09. The van der Waals surface area contributed by atoms with Crippen LogP contribution < -0.4 is 5.32 Å². The fraction of sp³-hybridized carbons (Fsp3) is 0.500. The number of nitrogens with one attached hydrogen (secondary N) is 1. The molecule has 0 aromatic carbocycles. The van der Waals surface area contributed by atoms with Crippen molar-refractivity contribution < 1.29 is 4.79 Å². The number of thiazole rings is 1. The Labute approximate surface area is 87.0 Å². The molecule has 0 aliphatic heterocycles. The topological polar surface area (TPSA) is 42.0 Å². The summed E-state index contributed by atoms with van der Waals surface area (Å²) in [6.45, 7) is 4.24. The van der Waals surface area contributed by atoms with Crippen molar-refractivity contribution in [3.63, 3.8) is 0 Å². The molecule has 72 valence electrons. The third-order valence-electron chi connectivity index (χ3n) is 1.49. The standard InChI is InChI=1S/C8H12N2OS2/c1-5(12)8(11)10-4-7-3-9-6(2)13-7/h3,5,12H,4H2,1-2H3,(H,10,11). The van der Waals surface area contributed by atoms with E-state index in [4.69, 9.17) is 0 Å². The van der Waals surface area contributed by atoms with Gasteiger partial charge in [-0.3, -0.25) is 4.79 Å². The number of aromatic nitrogens is 1. The normalized spacial score (nSPS) is 12.5. The summed E-state index contributed by atoms with van der Waals surface area (Å²) in [6, 6.07) is 0. The highest BCUT2D eigenvalue weighted by atomic mass is 32.1. The van der Waals surface area contributed by atoms with E-state index in [9.17, 15) is 4.79 Å². The number of rotatable bonds is 3. The zero-order valence-corrected chi connectivity index (χ0v) is 9.28. The summed E-state index contributed by atoms with van der Waals surface area (Å²) in [6.07, 6.45) is 1.78. The summed E-state index contributed by atoms with van der Waals surface area (Å²) in [5, 5.41) is 3.53. The van der Waals surface area contributed by atoms with Gasteiger partial charge in [-0.05, 0) is 13.8 Å². The number of hydrogen-bond acceptors (Lipinski definition) is 4. The van der Waals surface area contributed by atoms with Crippen molar-refractivity contribution >= 4 is 29.9 Å². The molecule has 1 rings (SSSR count). The molecule has 0 saturated carbocycles. The third kappa shape index (κ3) is 3.36. The van der Waals surface area contributed by atoms with Crippen LogP contribution in [-0.4, -0.2) is 16.1 Å². The number of carbonyl (C=O) groups excluding carboxylic acids is 1. The molecule has 1 aromatic heterocycles. The number of hydrogen-bond donors (Lipinski definition) is 2. The predicted molar refractivity (Wildman–Crippen MR) is 57.1 cm³/mol. The van der Waals surface area contributed by atoms with E-state index in [1.165, 1.54) is 0 Å². The lowest BCUT2D eigenvalue weighted by atomic mass is 10.4. The number of aryl methyl sites for hydroxylation is 1. The average molecular weight is 216 g/mol. The van der Waals surface area contributed by atoms with Gasteiger partial charge in [0, 0.05) is 11.1 Å². The molecular formula is C8H12N2OS2. The van der Waals surface area contributed by atoms with Gasteiger partial charge in [0.25, 0.3) is 0 Å². The summed E-state index contributed by atoms with van der Waals surface area (Å²) in [4.78, 5) is 16.3. The van der Waals surface area contributed by atoms with Gasteiger partial charge in [-0.1, -0.05) is 0 Å². The summed E-state index contributed by atoms with van der Waals surface area (Å²) in [7, 11) is 0. The van der Waals surface area contributed by atoms with Crippen LogP contribution in [0.15, 0.2) is 6.20 Å². The van der Waals surface area contributed by atoms with Crippen molar-refractivity contribution in [3.05, 3.63) is 16.1 Å². The van der Waals surface area contributed by atoms with Gasteiger partial charge in [0.2, 0.25) is 5.91 Å². The maximum absolute atomic E-state index is 11.1. The van der Waals surface area contributed by atoms with E-state index in [2.05, 4.69) is 22.9 Å². The van der Waals surface area contributed by atoms with E-state index < -0.39 is 0 Å². The van der Waals surface area contributed by atoms with Crippen molar-refractivity contribution in [1.82, 2.24) is 10.3 Å². The minimum atomic E-state index is -0.256. The second-order valence-corrected chi connectivity index (χ2v) is 4.83. The first-order valence-electron chi connectivity index (χ1n) is 3.96. The smallest absolute Gasteiger partial charge is 0.232 e. The molecule has 0 aliphatic rings. The quantitative estimate of drug-likeness (QED) is 0.750. The molecule has 0 radical (unpaired) electrons. The van der Waals surface area contributed by atoms with E-state index in [0.717, 1.165) is 9.88 Å². The van der Waals surface area contributed by atoms with Crippen molar-refractivity contribution in [2.24, 2.45) is 0 Å². The number of nitrogens with zero attached hydrogens (tertiary/aromatic N) is 1. The molecule has 1 atom stereocenters. The Hall–Kier alpha value is -0.550. The molecule has 1 aromatic rings. The van der Waals surface area contributed by atoms with Crippen molar-refractivity contribution in [1.29, 1.82) is 0 Å². The Bertz CT molecular complexity index is 296. The van der Waals surface area contributed by atoms with E-state index in [1.54, 1.807) is 24.5 Å². The molecule has 5 heteroatoms. The highest BCUT2D eigenvalue weighted by Crippen LogP contribution is 2.10. The molecule has 0 fully saturated rings. The Morgan fingerprint density at radius 3 is 3.00 bits per heavy atom. The van der Waals surface area contributed by atoms with Gasteiger partial charge in [0.05, 0.1) is 16.8 Å². The summed E-state index contributed by atoms with van der Waals surface area (Å²) >= 11 is 5.61. The second kappa shape index (κ2) is 4.62. The third-order valence-corrected chi connectivity index (χ3v) is 2.63. The number of thiol groups is 1. The highest BCUT2D eigenvalue weighted by molar-refractivity contribution is 7.81. The van der Waals surface area contributed by atoms with Crippen LogP contribution in [0, 0.1) is 6.92 Å². The van der Waals surface area contributed by atoms with E-state index in [0.29, 0.717) is 6.54 Å². The van der Waals surface area contributed by atoms with Crippen LogP contribution in [0.25, 0.3) is 0 Å². The summed E-state index contributed by atoms with van der Waals surface area (Å²) < 4.78 is 0. The van der Waals surface area contributed by atoms with E-state index in [-0.39, 0.29) is 11.2 Å². The highest BCUT2D eigenvalue weighted by Gasteiger charge is 2.07. The van der Waals surface area contributed by atoms with E-state index >= 15 is 0 Å². The molecule has 3 nitrogen and oxygen atoms in total. The van der Waals surface area contributed by atoms with Crippen LogP contribution in [0.2, 0.25) is 0 Å². The fourth-order valence-electron chi connectivity index (χ4n) is 0.809. The van der Waals surface area contributed by atoms with Crippen molar-refractivity contribution in [2.75, 3.05) is 0 Å². The van der Waals surface area contributed by atoms with E-state index in [1.807, 2.05) is 6.92 Å². The van der Waals surface area contributed by atoms with Gasteiger partial charge >= 0.3 is 0 Å². The minimum Gasteiger partial charge on any atom is -0.350 e. The molecular weight excluding hydrogens is 204 g/mol. The van der Waals surface area contributed by atoms with Crippen LogP contribution in [0.3, 0.4) is 0 Å².